The topological polar surface area (TPSA) is 25.4 Å². The molecule has 0 spiro atoms. The molecule has 2 heterocycles. The highest BCUT2D eigenvalue weighted by molar-refractivity contribution is 7.79. The highest BCUT2D eigenvalue weighted by Crippen LogP contribution is 2.30. The molecule has 0 radical (unpaired) electrons. The van der Waals surface area contributed by atoms with Crippen molar-refractivity contribution in [2.75, 3.05) is 25.1 Å². The van der Waals surface area contributed by atoms with Crippen LogP contribution in [-0.2, 0) is 17.1 Å². The maximum atomic E-state index is 5.18. The number of hydrogen-bond acceptors (Lipinski definition) is 5. The zero-order valence-corrected chi connectivity index (χ0v) is 12.2. The van der Waals surface area contributed by atoms with Crippen LogP contribution in [-0.4, -0.2) is 25.2 Å². The predicted molar refractivity (Wildman–Crippen MR) is 76.1 cm³/mol. The van der Waals surface area contributed by atoms with E-state index in [1.807, 2.05) is 0 Å². The summed E-state index contributed by atoms with van der Waals surface area (Å²) < 4.78 is 5.18. The quantitative estimate of drug-likeness (QED) is 0.853. The molecule has 1 fully saturated rings. The zero-order valence-electron chi connectivity index (χ0n) is 10.5. The Morgan fingerprint density at radius 3 is 2.76 bits per heavy atom. The van der Waals surface area contributed by atoms with Crippen molar-refractivity contribution in [1.82, 2.24) is 4.98 Å². The Bertz CT molecular complexity index is 359. The summed E-state index contributed by atoms with van der Waals surface area (Å²) in [5.74, 6) is 1.61. The van der Waals surface area contributed by atoms with Crippen LogP contribution in [0.1, 0.15) is 30.3 Å². The number of rotatable bonds is 4. The Morgan fingerprint density at radius 1 is 1.47 bits per heavy atom. The van der Waals surface area contributed by atoms with Gasteiger partial charge < -0.3 is 9.64 Å². The average Bonchev–Trinajstić information content (AvgIpc) is 2.74. The third kappa shape index (κ3) is 3.14. The van der Waals surface area contributed by atoms with Crippen LogP contribution in [0.15, 0.2) is 0 Å². The van der Waals surface area contributed by atoms with Gasteiger partial charge in [-0.2, -0.15) is 12.6 Å². The molecule has 0 atom stereocenters. The van der Waals surface area contributed by atoms with Crippen LogP contribution < -0.4 is 4.90 Å². The summed E-state index contributed by atoms with van der Waals surface area (Å²) in [7, 11) is 1.71. The van der Waals surface area contributed by atoms with Crippen molar-refractivity contribution in [3.63, 3.8) is 0 Å². The minimum Gasteiger partial charge on any atom is -0.378 e. The van der Waals surface area contributed by atoms with E-state index in [1.165, 1.54) is 17.7 Å². The highest BCUT2D eigenvalue weighted by atomic mass is 32.1. The highest BCUT2D eigenvalue weighted by Gasteiger charge is 2.20. The minimum absolute atomic E-state index is 0.594. The molecule has 0 bridgehead atoms. The molecule has 1 aliphatic rings. The lowest BCUT2D eigenvalue weighted by atomic mass is 10.00. The molecule has 0 unspecified atom stereocenters. The molecule has 0 aromatic carbocycles. The van der Waals surface area contributed by atoms with Crippen molar-refractivity contribution in [2.45, 2.75) is 32.1 Å². The number of thiazole rings is 1. The molecule has 0 aliphatic carbocycles. The molecule has 96 valence electrons. The second kappa shape index (κ2) is 6.07. The summed E-state index contributed by atoms with van der Waals surface area (Å²) in [6, 6.07) is 0. The van der Waals surface area contributed by atoms with Crippen LogP contribution in [0.3, 0.4) is 0 Å². The number of thiol groups is 1. The van der Waals surface area contributed by atoms with Crippen LogP contribution in [0.4, 0.5) is 5.13 Å². The monoisotopic (exact) mass is 272 g/mol. The van der Waals surface area contributed by atoms with Gasteiger partial charge >= 0.3 is 0 Å². The van der Waals surface area contributed by atoms with Crippen LogP contribution >= 0.6 is 24.0 Å². The lowest BCUT2D eigenvalue weighted by Crippen LogP contribution is -2.32. The van der Waals surface area contributed by atoms with E-state index in [2.05, 4.69) is 24.5 Å². The number of anilines is 1. The van der Waals surface area contributed by atoms with Gasteiger partial charge in [0.1, 0.15) is 0 Å². The fourth-order valence-corrected chi connectivity index (χ4v) is 3.43. The molecule has 0 amide bonds. The van der Waals surface area contributed by atoms with Crippen molar-refractivity contribution < 1.29 is 4.74 Å². The molecule has 0 saturated carbocycles. The van der Waals surface area contributed by atoms with E-state index in [1.54, 1.807) is 18.4 Å². The van der Waals surface area contributed by atoms with Crippen LogP contribution in [0.5, 0.6) is 0 Å². The van der Waals surface area contributed by atoms with Crippen LogP contribution in [0, 0.1) is 5.92 Å². The number of hydrogen-bond donors (Lipinski definition) is 1. The summed E-state index contributed by atoms with van der Waals surface area (Å²) in [6.45, 7) is 5.19. The Morgan fingerprint density at radius 2 is 2.18 bits per heavy atom. The summed E-state index contributed by atoms with van der Waals surface area (Å²) >= 11 is 6.13. The van der Waals surface area contributed by atoms with Crippen LogP contribution in [0.2, 0.25) is 0 Å². The number of ether oxygens (including phenoxy) is 1. The minimum atomic E-state index is 0.594. The predicted octanol–water partition coefficient (Wildman–Crippen LogP) is 2.96. The number of aromatic nitrogens is 1. The van der Waals surface area contributed by atoms with E-state index in [-0.39, 0.29) is 0 Å². The van der Waals surface area contributed by atoms with E-state index >= 15 is 0 Å². The second-order valence-corrected chi connectivity index (χ2v) is 6.01. The maximum Gasteiger partial charge on any atom is 0.185 e. The van der Waals surface area contributed by atoms with Gasteiger partial charge in [-0.25, -0.2) is 4.98 Å². The molecule has 0 N–H and O–H groups in total. The SMILES string of the molecule is COCc1nc(N2CCC(C)CC2)sc1CS. The van der Waals surface area contributed by atoms with Gasteiger partial charge in [0.05, 0.1) is 12.3 Å². The third-order valence-corrected chi connectivity index (χ3v) is 4.93. The number of piperidine rings is 1. The number of methoxy groups -OCH3 is 1. The van der Waals surface area contributed by atoms with Crippen molar-refractivity contribution in [1.29, 1.82) is 0 Å². The first kappa shape index (κ1) is 13.2. The lowest BCUT2D eigenvalue weighted by Gasteiger charge is -2.29. The first-order valence-electron chi connectivity index (χ1n) is 6.08. The van der Waals surface area contributed by atoms with E-state index in [0.717, 1.165) is 35.6 Å². The van der Waals surface area contributed by atoms with Gasteiger partial charge in [0, 0.05) is 30.8 Å². The van der Waals surface area contributed by atoms with Gasteiger partial charge in [-0.3, -0.25) is 0 Å². The maximum absolute atomic E-state index is 5.18. The smallest absolute Gasteiger partial charge is 0.185 e. The molecule has 1 aliphatic heterocycles. The molecule has 3 nitrogen and oxygen atoms in total. The van der Waals surface area contributed by atoms with E-state index in [4.69, 9.17) is 9.72 Å². The Kier molecular flexibility index (Phi) is 4.70. The molecule has 17 heavy (non-hydrogen) atoms. The van der Waals surface area contributed by atoms with E-state index in [0.29, 0.717) is 6.61 Å². The fourth-order valence-electron chi connectivity index (χ4n) is 2.08. The second-order valence-electron chi connectivity index (χ2n) is 4.63. The van der Waals surface area contributed by atoms with Crippen LogP contribution in [0.25, 0.3) is 0 Å². The molecule has 2 rings (SSSR count). The van der Waals surface area contributed by atoms with Gasteiger partial charge in [-0.15, -0.1) is 11.3 Å². The first-order chi connectivity index (χ1) is 8.24. The Hall–Kier alpha value is -0.260. The Balaban J connectivity index is 2.10. The first-order valence-corrected chi connectivity index (χ1v) is 7.52. The number of nitrogens with zero attached hydrogens (tertiary/aromatic N) is 2. The van der Waals surface area contributed by atoms with Gasteiger partial charge in [-0.1, -0.05) is 6.92 Å². The fraction of sp³-hybridized carbons (Fsp3) is 0.750. The third-order valence-electron chi connectivity index (χ3n) is 3.25. The molecule has 1 aromatic heterocycles. The van der Waals surface area contributed by atoms with Gasteiger partial charge in [0.15, 0.2) is 5.13 Å². The molecular weight excluding hydrogens is 252 g/mol. The molecule has 1 aromatic rings. The lowest BCUT2D eigenvalue weighted by molar-refractivity contribution is 0.181. The van der Waals surface area contributed by atoms with E-state index in [9.17, 15) is 0 Å². The largest absolute Gasteiger partial charge is 0.378 e. The normalized spacial score (nSPS) is 17.7. The van der Waals surface area contributed by atoms with Crippen molar-refractivity contribution in [3.05, 3.63) is 10.6 Å². The molecule has 5 heteroatoms. The zero-order chi connectivity index (χ0) is 12.3. The standard InChI is InChI=1S/C12H20N2OS2/c1-9-3-5-14(6-4-9)12-13-10(7-15-2)11(8-16)17-12/h9,16H,3-8H2,1-2H3. The molecular formula is C12H20N2OS2. The van der Waals surface area contributed by atoms with Crippen molar-refractivity contribution >= 4 is 29.1 Å². The summed E-state index contributed by atoms with van der Waals surface area (Å²) in [5.41, 5.74) is 1.06. The van der Waals surface area contributed by atoms with Gasteiger partial charge in [0.2, 0.25) is 0 Å². The average molecular weight is 272 g/mol. The van der Waals surface area contributed by atoms with Crippen molar-refractivity contribution in [3.8, 4) is 0 Å². The summed E-state index contributed by atoms with van der Waals surface area (Å²) in [4.78, 5) is 8.33. The van der Waals surface area contributed by atoms with Gasteiger partial charge in [-0.05, 0) is 18.8 Å². The Labute approximate surface area is 113 Å². The van der Waals surface area contributed by atoms with Crippen molar-refractivity contribution in [2.24, 2.45) is 5.92 Å². The summed E-state index contributed by atoms with van der Waals surface area (Å²) in [6.07, 6.45) is 2.55. The molecule has 1 saturated heterocycles. The summed E-state index contributed by atoms with van der Waals surface area (Å²) in [5, 5.41) is 1.15. The van der Waals surface area contributed by atoms with E-state index < -0.39 is 0 Å². The van der Waals surface area contributed by atoms with Gasteiger partial charge in [0.25, 0.3) is 0 Å².